The molecule has 1 N–H and O–H groups in total. The topological polar surface area (TPSA) is 93.9 Å². The van der Waals surface area contributed by atoms with Gasteiger partial charge in [-0.2, -0.15) is 8.42 Å². The number of aromatic nitrogens is 2. The lowest BCUT2D eigenvalue weighted by atomic mass is 10.1. The van der Waals surface area contributed by atoms with Crippen molar-refractivity contribution >= 4 is 41.0 Å². The molecule has 1 aromatic heterocycles. The molecule has 8 nitrogen and oxygen atoms in total. The van der Waals surface area contributed by atoms with E-state index in [2.05, 4.69) is 75.2 Å². The van der Waals surface area contributed by atoms with Crippen molar-refractivity contribution < 1.29 is 22.1 Å². The molecule has 0 amide bonds. The first-order chi connectivity index (χ1) is 14.8. The van der Waals surface area contributed by atoms with Gasteiger partial charge in [0.2, 0.25) is 5.88 Å². The van der Waals surface area contributed by atoms with E-state index >= 15 is 0 Å². The summed E-state index contributed by atoms with van der Waals surface area (Å²) in [6.07, 6.45) is 0.00850. The fourth-order valence-electron chi connectivity index (χ4n) is 3.15. The molecule has 11 heteroatoms. The smallest absolute Gasteiger partial charge is 0.265 e. The van der Waals surface area contributed by atoms with E-state index in [4.69, 9.17) is 14.3 Å². The first kappa shape index (κ1) is 30.8. The van der Waals surface area contributed by atoms with Crippen LogP contribution in [0.5, 0.6) is 5.88 Å². The maximum absolute atomic E-state index is 11.3. The van der Waals surface area contributed by atoms with E-state index in [1.54, 1.807) is 0 Å². The molecule has 0 saturated carbocycles. The minimum absolute atomic E-state index is 0.00850. The molecule has 33 heavy (non-hydrogen) atoms. The maximum atomic E-state index is 11.3. The fraction of sp³-hybridized carbons (Fsp3) is 0.864. The van der Waals surface area contributed by atoms with Crippen molar-refractivity contribution in [3.63, 3.8) is 0 Å². The summed E-state index contributed by atoms with van der Waals surface area (Å²) in [5.74, 6) is 0.154. The summed E-state index contributed by atoms with van der Waals surface area (Å²) in [4.78, 5) is 2.21. The highest BCUT2D eigenvalue weighted by Gasteiger charge is 2.37. The van der Waals surface area contributed by atoms with Crippen LogP contribution >= 0.6 is 22.6 Å². The Morgan fingerprint density at radius 2 is 1.76 bits per heavy atom. The molecule has 0 spiro atoms. The van der Waals surface area contributed by atoms with E-state index in [-0.39, 0.29) is 28.9 Å². The molecule has 194 valence electrons. The minimum atomic E-state index is -4.01. The number of hydrogen-bond donors (Lipinski definition) is 1. The van der Waals surface area contributed by atoms with Gasteiger partial charge in [-0.3, -0.25) is 14.1 Å². The predicted octanol–water partition coefficient (Wildman–Crippen LogP) is 5.03. The van der Waals surface area contributed by atoms with E-state index in [1.807, 2.05) is 25.5 Å². The zero-order valence-corrected chi connectivity index (χ0v) is 25.9. The first-order valence-corrected chi connectivity index (χ1v) is 17.2. The Labute approximate surface area is 215 Å². The van der Waals surface area contributed by atoms with Crippen LogP contribution in [0.2, 0.25) is 18.1 Å². The van der Waals surface area contributed by atoms with Crippen LogP contribution in [-0.2, 0) is 27.6 Å². The Morgan fingerprint density at radius 3 is 2.21 bits per heavy atom. The van der Waals surface area contributed by atoms with Gasteiger partial charge in [0.1, 0.15) is 0 Å². The van der Waals surface area contributed by atoms with Crippen molar-refractivity contribution in [1.82, 2.24) is 14.7 Å². The van der Waals surface area contributed by atoms with Crippen molar-refractivity contribution in [3.05, 3.63) is 9.26 Å². The van der Waals surface area contributed by atoms with Crippen LogP contribution in [0.1, 0.15) is 61.1 Å². The van der Waals surface area contributed by atoms with E-state index in [1.165, 1.54) is 0 Å². The Hall–Kier alpha value is -0.213. The molecule has 0 aromatic carbocycles. The molecular weight excluding hydrogens is 573 g/mol. The number of nitrogens with zero attached hydrogens (tertiary/aromatic N) is 3. The summed E-state index contributed by atoms with van der Waals surface area (Å²) in [6.45, 7) is 23.5. The highest BCUT2D eigenvalue weighted by molar-refractivity contribution is 14.1. The monoisotopic (exact) mass is 617 g/mol. The number of hydrogen-bond acceptors (Lipinski definition) is 6. The summed E-state index contributed by atoms with van der Waals surface area (Å²) < 4.78 is 47.2. The van der Waals surface area contributed by atoms with Crippen LogP contribution in [0.15, 0.2) is 0 Å². The van der Waals surface area contributed by atoms with E-state index in [9.17, 15) is 13.0 Å². The van der Waals surface area contributed by atoms with Crippen molar-refractivity contribution in [2.24, 2.45) is 5.92 Å². The van der Waals surface area contributed by atoms with Crippen LogP contribution in [0.4, 0.5) is 0 Å². The fourth-order valence-corrected chi connectivity index (χ4v) is 5.69. The maximum Gasteiger partial charge on any atom is 0.265 e. The highest BCUT2D eigenvalue weighted by atomic mass is 127. The molecule has 0 aliphatic carbocycles. The number of ether oxygens (including phenoxy) is 1. The molecule has 1 atom stereocenters. The van der Waals surface area contributed by atoms with Crippen molar-refractivity contribution in [1.29, 1.82) is 0 Å². The Bertz CT molecular complexity index is 866. The van der Waals surface area contributed by atoms with Gasteiger partial charge in [0, 0.05) is 19.1 Å². The van der Waals surface area contributed by atoms with Gasteiger partial charge in [-0.05, 0) is 74.3 Å². The van der Waals surface area contributed by atoms with Gasteiger partial charge in [-0.15, -0.1) is 5.10 Å². The molecular formula is C22H44IN3O5SSi. The van der Waals surface area contributed by atoms with Crippen molar-refractivity contribution in [2.45, 2.75) is 98.8 Å². The summed E-state index contributed by atoms with van der Waals surface area (Å²) in [6, 6.07) is 0.186. The lowest BCUT2D eigenvalue weighted by Crippen LogP contribution is -2.41. The van der Waals surface area contributed by atoms with E-state index in [0.717, 1.165) is 9.26 Å². The summed E-state index contributed by atoms with van der Waals surface area (Å²) in [5, 5.41) is 4.88. The van der Waals surface area contributed by atoms with E-state index < -0.39 is 18.4 Å². The second kappa shape index (κ2) is 12.2. The Morgan fingerprint density at radius 1 is 1.18 bits per heavy atom. The standard InChI is InChI=1S/C22H44IN3O5SSi/c1-16(2)25(13-18(5)15-32(27,28)29)14-19-20(23)21(31-17(3)4)24-26(19)11-12-30-33(9,10)22(6,7)8/h16-18H,11-15H2,1-10H3,(H,27,28,29)/t18-/m1/s1. The van der Waals surface area contributed by atoms with Crippen LogP contribution in [0.3, 0.4) is 0 Å². The lowest BCUT2D eigenvalue weighted by Gasteiger charge is -2.36. The Kier molecular flexibility index (Phi) is 11.4. The first-order valence-electron chi connectivity index (χ1n) is 11.6. The third-order valence-corrected chi connectivity index (χ3v) is 12.6. The lowest BCUT2D eigenvalue weighted by molar-refractivity contribution is 0.181. The third-order valence-electron chi connectivity index (χ3n) is 6.01. The van der Waals surface area contributed by atoms with Gasteiger partial charge < -0.3 is 9.16 Å². The molecule has 0 fully saturated rings. The molecule has 0 aliphatic rings. The van der Waals surface area contributed by atoms with E-state index in [0.29, 0.717) is 32.1 Å². The van der Waals surface area contributed by atoms with Crippen LogP contribution in [-0.4, -0.2) is 67.0 Å². The molecule has 1 rings (SSSR count). The second-order valence-corrected chi connectivity index (χ2v) is 18.3. The second-order valence-electron chi connectivity index (χ2n) is 10.9. The zero-order valence-electron chi connectivity index (χ0n) is 22.0. The molecule has 1 heterocycles. The Balaban J connectivity index is 3.13. The minimum Gasteiger partial charge on any atom is -0.473 e. The molecule has 0 unspecified atom stereocenters. The molecule has 0 radical (unpaired) electrons. The van der Waals surface area contributed by atoms with Gasteiger partial charge in [0.25, 0.3) is 10.1 Å². The molecule has 0 aliphatic heterocycles. The third kappa shape index (κ3) is 10.1. The zero-order chi connectivity index (χ0) is 25.8. The summed E-state index contributed by atoms with van der Waals surface area (Å²) in [7, 11) is -5.88. The summed E-state index contributed by atoms with van der Waals surface area (Å²) >= 11 is 2.29. The average Bonchev–Trinajstić information content (AvgIpc) is 2.86. The molecule has 0 saturated heterocycles. The quantitative estimate of drug-likeness (QED) is 0.189. The number of halogens is 1. The van der Waals surface area contributed by atoms with Gasteiger partial charge >= 0.3 is 0 Å². The van der Waals surface area contributed by atoms with Crippen LogP contribution < -0.4 is 4.74 Å². The summed E-state index contributed by atoms with van der Waals surface area (Å²) in [5.41, 5.74) is 1.03. The highest BCUT2D eigenvalue weighted by Crippen LogP contribution is 2.36. The SMILES string of the molecule is CC(C)Oc1nn(CCO[Si](C)(C)C(C)(C)C)c(CN(C[C@@H](C)CS(=O)(=O)O)C(C)C)c1I. The van der Waals surface area contributed by atoms with Gasteiger partial charge in [-0.25, -0.2) is 0 Å². The molecule has 1 aromatic rings. The number of rotatable bonds is 13. The van der Waals surface area contributed by atoms with Crippen LogP contribution in [0, 0.1) is 9.49 Å². The van der Waals surface area contributed by atoms with Crippen molar-refractivity contribution in [2.75, 3.05) is 18.9 Å². The normalized spacial score (nSPS) is 14.5. The van der Waals surface area contributed by atoms with Crippen LogP contribution in [0.25, 0.3) is 0 Å². The predicted molar refractivity (Wildman–Crippen MR) is 145 cm³/mol. The largest absolute Gasteiger partial charge is 0.473 e. The average molecular weight is 618 g/mol. The van der Waals surface area contributed by atoms with Gasteiger partial charge in [-0.1, -0.05) is 27.7 Å². The van der Waals surface area contributed by atoms with Crippen molar-refractivity contribution in [3.8, 4) is 5.88 Å². The van der Waals surface area contributed by atoms with Gasteiger partial charge in [0.05, 0.1) is 34.3 Å². The van der Waals surface area contributed by atoms with Gasteiger partial charge in [0.15, 0.2) is 8.32 Å². The molecule has 0 bridgehead atoms.